The quantitative estimate of drug-likeness (QED) is 0.697. The Labute approximate surface area is 144 Å². The van der Waals surface area contributed by atoms with Crippen LogP contribution < -0.4 is 15.6 Å². The first kappa shape index (κ1) is 18.0. The molecule has 2 aromatic carbocycles. The van der Waals surface area contributed by atoms with Crippen LogP contribution in [0.1, 0.15) is 34.1 Å². The third-order valence-corrected chi connectivity index (χ3v) is 3.39. The molecule has 1 atom stereocenters. The molecule has 0 spiro atoms. The van der Waals surface area contributed by atoms with E-state index >= 15 is 0 Å². The summed E-state index contributed by atoms with van der Waals surface area (Å²) in [6, 6.07) is 14.6. The van der Waals surface area contributed by atoms with E-state index < -0.39 is 23.9 Å². The summed E-state index contributed by atoms with van der Waals surface area (Å²) in [6.45, 7) is 1.77. The number of carboxylic acids is 1. The molecule has 0 saturated carbocycles. The Morgan fingerprint density at radius 2 is 1.56 bits per heavy atom. The first-order valence-corrected chi connectivity index (χ1v) is 7.67. The van der Waals surface area contributed by atoms with Crippen LogP contribution in [-0.4, -0.2) is 29.0 Å². The van der Waals surface area contributed by atoms with Gasteiger partial charge in [0.05, 0.1) is 11.1 Å². The fourth-order valence-corrected chi connectivity index (χ4v) is 2.12. The number of para-hydroxylation sites is 1. The normalized spacial score (nSPS) is 11.2. The van der Waals surface area contributed by atoms with Crippen molar-refractivity contribution in [2.24, 2.45) is 0 Å². The lowest BCUT2D eigenvalue weighted by Gasteiger charge is -2.17. The standard InChI is InChI=1S/C18H18N2O5/c1-2-15(25-12-8-4-3-5-9-12)17(22)20-19-16(21)13-10-6-7-11-14(13)18(23)24/h3-11,15H,2H2,1H3,(H,19,21)(H,20,22)(H,23,24). The van der Waals surface area contributed by atoms with E-state index in [9.17, 15) is 14.4 Å². The number of amides is 2. The van der Waals surface area contributed by atoms with Crippen LogP contribution in [0, 0.1) is 0 Å². The highest BCUT2D eigenvalue weighted by Crippen LogP contribution is 2.12. The van der Waals surface area contributed by atoms with E-state index in [1.807, 2.05) is 6.07 Å². The smallest absolute Gasteiger partial charge is 0.336 e. The Morgan fingerprint density at radius 1 is 0.960 bits per heavy atom. The molecule has 0 aliphatic heterocycles. The van der Waals surface area contributed by atoms with Crippen LogP contribution in [0.4, 0.5) is 0 Å². The SMILES string of the molecule is CCC(Oc1ccccc1)C(=O)NNC(=O)c1ccccc1C(=O)O. The van der Waals surface area contributed by atoms with Crippen LogP contribution in [0.15, 0.2) is 54.6 Å². The zero-order valence-electron chi connectivity index (χ0n) is 13.6. The average molecular weight is 342 g/mol. The van der Waals surface area contributed by atoms with Gasteiger partial charge in [-0.05, 0) is 30.7 Å². The van der Waals surface area contributed by atoms with Crippen molar-refractivity contribution in [3.05, 3.63) is 65.7 Å². The minimum atomic E-state index is -1.23. The average Bonchev–Trinajstić information content (AvgIpc) is 2.64. The number of hydrogen-bond acceptors (Lipinski definition) is 4. The molecule has 0 radical (unpaired) electrons. The van der Waals surface area contributed by atoms with Gasteiger partial charge in [0, 0.05) is 0 Å². The van der Waals surface area contributed by atoms with Gasteiger partial charge in [-0.15, -0.1) is 0 Å². The van der Waals surface area contributed by atoms with E-state index in [0.717, 1.165) is 0 Å². The number of carbonyl (C=O) groups excluding carboxylic acids is 2. The number of hydrazine groups is 1. The molecule has 130 valence electrons. The van der Waals surface area contributed by atoms with Crippen LogP contribution in [0.3, 0.4) is 0 Å². The third-order valence-electron chi connectivity index (χ3n) is 3.39. The summed E-state index contributed by atoms with van der Waals surface area (Å²) in [6.07, 6.45) is -0.403. The highest BCUT2D eigenvalue weighted by molar-refractivity contribution is 6.05. The molecule has 7 nitrogen and oxygen atoms in total. The van der Waals surface area contributed by atoms with Crippen molar-refractivity contribution in [2.45, 2.75) is 19.4 Å². The molecule has 1 unspecified atom stereocenters. The van der Waals surface area contributed by atoms with Gasteiger partial charge in [-0.1, -0.05) is 37.3 Å². The summed E-state index contributed by atoms with van der Waals surface area (Å²) in [5.41, 5.74) is 4.27. The van der Waals surface area contributed by atoms with Crippen molar-refractivity contribution in [3.8, 4) is 5.75 Å². The minimum absolute atomic E-state index is 0.0488. The van der Waals surface area contributed by atoms with E-state index in [-0.39, 0.29) is 11.1 Å². The fraction of sp³-hybridized carbons (Fsp3) is 0.167. The van der Waals surface area contributed by atoms with Crippen LogP contribution in [0.5, 0.6) is 5.75 Å². The van der Waals surface area contributed by atoms with Gasteiger partial charge in [-0.2, -0.15) is 0 Å². The number of ether oxygens (including phenoxy) is 1. The second-order valence-electron chi connectivity index (χ2n) is 5.12. The molecule has 3 N–H and O–H groups in total. The molecular weight excluding hydrogens is 324 g/mol. The highest BCUT2D eigenvalue weighted by Gasteiger charge is 2.20. The summed E-state index contributed by atoms with van der Waals surface area (Å²) in [5, 5.41) is 9.10. The molecule has 0 aliphatic rings. The van der Waals surface area contributed by atoms with Crippen LogP contribution >= 0.6 is 0 Å². The van der Waals surface area contributed by atoms with Gasteiger partial charge in [0.1, 0.15) is 5.75 Å². The molecule has 0 bridgehead atoms. The van der Waals surface area contributed by atoms with Crippen molar-refractivity contribution in [1.82, 2.24) is 10.9 Å². The third kappa shape index (κ3) is 4.81. The van der Waals surface area contributed by atoms with Crippen LogP contribution in [0.2, 0.25) is 0 Å². The molecule has 25 heavy (non-hydrogen) atoms. The maximum atomic E-state index is 12.2. The topological polar surface area (TPSA) is 105 Å². The van der Waals surface area contributed by atoms with E-state index in [2.05, 4.69) is 10.9 Å². The molecular formula is C18H18N2O5. The number of carbonyl (C=O) groups is 3. The molecule has 0 aromatic heterocycles. The Balaban J connectivity index is 1.98. The van der Waals surface area contributed by atoms with Crippen LogP contribution in [-0.2, 0) is 4.79 Å². The van der Waals surface area contributed by atoms with E-state index in [0.29, 0.717) is 12.2 Å². The Bertz CT molecular complexity index is 761. The predicted octanol–water partition coefficient (Wildman–Crippen LogP) is 2.00. The lowest BCUT2D eigenvalue weighted by molar-refractivity contribution is -0.128. The monoisotopic (exact) mass is 342 g/mol. The summed E-state index contributed by atoms with van der Waals surface area (Å²) < 4.78 is 5.57. The molecule has 7 heteroatoms. The number of hydrogen-bond donors (Lipinski definition) is 3. The first-order chi connectivity index (χ1) is 12.0. The van der Waals surface area contributed by atoms with Crippen molar-refractivity contribution >= 4 is 17.8 Å². The van der Waals surface area contributed by atoms with Gasteiger partial charge >= 0.3 is 5.97 Å². The van der Waals surface area contributed by atoms with E-state index in [1.165, 1.54) is 24.3 Å². The molecule has 0 aliphatic carbocycles. The van der Waals surface area contributed by atoms with Gasteiger partial charge < -0.3 is 9.84 Å². The maximum Gasteiger partial charge on any atom is 0.336 e. The second-order valence-corrected chi connectivity index (χ2v) is 5.12. The van der Waals surface area contributed by atoms with Gasteiger partial charge in [0.2, 0.25) is 0 Å². The van der Waals surface area contributed by atoms with Gasteiger partial charge in [0.25, 0.3) is 11.8 Å². The zero-order chi connectivity index (χ0) is 18.2. The number of rotatable bonds is 6. The molecule has 2 amide bonds. The summed E-state index contributed by atoms with van der Waals surface area (Å²) in [7, 11) is 0. The Hall–Kier alpha value is -3.35. The molecule has 0 fully saturated rings. The van der Waals surface area contributed by atoms with Crippen molar-refractivity contribution in [1.29, 1.82) is 0 Å². The minimum Gasteiger partial charge on any atom is -0.481 e. The number of aromatic carboxylic acids is 1. The van der Waals surface area contributed by atoms with Crippen molar-refractivity contribution < 1.29 is 24.2 Å². The maximum absolute atomic E-state index is 12.2. The van der Waals surface area contributed by atoms with Gasteiger partial charge in [-0.3, -0.25) is 20.4 Å². The number of carboxylic acid groups (broad SMARTS) is 1. The van der Waals surface area contributed by atoms with E-state index in [4.69, 9.17) is 9.84 Å². The molecule has 0 heterocycles. The molecule has 2 aromatic rings. The van der Waals surface area contributed by atoms with Crippen molar-refractivity contribution in [2.75, 3.05) is 0 Å². The fourth-order valence-electron chi connectivity index (χ4n) is 2.12. The van der Waals surface area contributed by atoms with Gasteiger partial charge in [-0.25, -0.2) is 4.79 Å². The molecule has 0 saturated heterocycles. The largest absolute Gasteiger partial charge is 0.481 e. The highest BCUT2D eigenvalue weighted by atomic mass is 16.5. The lowest BCUT2D eigenvalue weighted by atomic mass is 10.1. The number of benzene rings is 2. The first-order valence-electron chi connectivity index (χ1n) is 7.67. The second kappa shape index (κ2) is 8.49. The van der Waals surface area contributed by atoms with E-state index in [1.54, 1.807) is 31.2 Å². The molecule has 2 rings (SSSR count). The number of nitrogens with one attached hydrogen (secondary N) is 2. The Morgan fingerprint density at radius 3 is 2.16 bits per heavy atom. The predicted molar refractivity (Wildman–Crippen MR) is 90.2 cm³/mol. The van der Waals surface area contributed by atoms with Gasteiger partial charge in [0.15, 0.2) is 6.10 Å². The summed E-state index contributed by atoms with van der Waals surface area (Å²) in [4.78, 5) is 35.4. The summed E-state index contributed by atoms with van der Waals surface area (Å²) in [5.74, 6) is -1.95. The Kier molecular flexibility index (Phi) is 6.11. The van der Waals surface area contributed by atoms with Crippen molar-refractivity contribution in [3.63, 3.8) is 0 Å². The lowest BCUT2D eigenvalue weighted by Crippen LogP contribution is -2.48. The summed E-state index contributed by atoms with van der Waals surface area (Å²) >= 11 is 0. The zero-order valence-corrected chi connectivity index (χ0v) is 13.6. The van der Waals surface area contributed by atoms with Crippen LogP contribution in [0.25, 0.3) is 0 Å².